The first-order valence-electron chi connectivity index (χ1n) is 9.41. The van der Waals surface area contributed by atoms with Crippen LogP contribution in [0.3, 0.4) is 0 Å². The second kappa shape index (κ2) is 6.61. The molecule has 1 aromatic carbocycles. The molecule has 1 fully saturated rings. The van der Waals surface area contributed by atoms with Gasteiger partial charge in [-0.2, -0.15) is 5.10 Å². The van der Waals surface area contributed by atoms with Gasteiger partial charge in [-0.25, -0.2) is 4.68 Å². The van der Waals surface area contributed by atoms with Gasteiger partial charge >= 0.3 is 0 Å². The third kappa shape index (κ3) is 3.11. The van der Waals surface area contributed by atoms with Crippen molar-refractivity contribution in [2.45, 2.75) is 44.2 Å². The highest BCUT2D eigenvalue weighted by atomic mass is 16.2. The monoisotopic (exact) mass is 363 g/mol. The number of nitrogens with one attached hydrogen (secondary N) is 1. The molecule has 0 unspecified atom stereocenters. The Labute approximate surface area is 156 Å². The van der Waals surface area contributed by atoms with Gasteiger partial charge in [-0.3, -0.25) is 9.89 Å². The summed E-state index contributed by atoms with van der Waals surface area (Å²) in [4.78, 5) is 15.3. The van der Waals surface area contributed by atoms with Crippen molar-refractivity contribution in [3.05, 3.63) is 59.2 Å². The Bertz CT molecular complexity index is 930. The van der Waals surface area contributed by atoms with Crippen molar-refractivity contribution >= 4 is 5.91 Å². The van der Waals surface area contributed by atoms with E-state index in [0.717, 1.165) is 17.7 Å². The predicted octanol–water partition coefficient (Wildman–Crippen LogP) is 1.64. The van der Waals surface area contributed by atoms with Crippen LogP contribution in [-0.2, 0) is 24.2 Å². The first kappa shape index (κ1) is 16.2. The largest absolute Gasteiger partial charge is 0.336 e. The Morgan fingerprint density at radius 3 is 2.85 bits per heavy atom. The van der Waals surface area contributed by atoms with Crippen LogP contribution < -0.4 is 0 Å². The zero-order valence-electron chi connectivity index (χ0n) is 15.0. The Kier molecular flexibility index (Phi) is 3.95. The molecule has 3 aromatic rings. The summed E-state index contributed by atoms with van der Waals surface area (Å²) in [5, 5.41) is 19.2. The lowest BCUT2D eigenvalue weighted by Crippen LogP contribution is -2.41. The minimum atomic E-state index is -0.444. The molecule has 138 valence electrons. The lowest BCUT2D eigenvalue weighted by Gasteiger charge is -2.30. The SMILES string of the molecule is O=C([C@@H](Cc1ccccc1)n1cnnn1)N1CCc2[nH]nc(C3CC3)c2C1. The number of aromatic nitrogens is 6. The number of carbonyl (C=O) groups excluding carboxylic acids is 1. The molecule has 0 bridgehead atoms. The number of hydrogen-bond donors (Lipinski definition) is 1. The summed E-state index contributed by atoms with van der Waals surface area (Å²) >= 11 is 0. The minimum Gasteiger partial charge on any atom is -0.336 e. The van der Waals surface area contributed by atoms with E-state index >= 15 is 0 Å². The maximum absolute atomic E-state index is 13.4. The van der Waals surface area contributed by atoms with Crippen LogP contribution in [0.5, 0.6) is 0 Å². The van der Waals surface area contributed by atoms with Crippen LogP contribution in [0.4, 0.5) is 0 Å². The zero-order chi connectivity index (χ0) is 18.2. The summed E-state index contributed by atoms with van der Waals surface area (Å²) in [7, 11) is 0. The Balaban J connectivity index is 1.40. The highest BCUT2D eigenvalue weighted by Crippen LogP contribution is 2.42. The van der Waals surface area contributed by atoms with Crippen LogP contribution >= 0.6 is 0 Å². The van der Waals surface area contributed by atoms with Crippen molar-refractivity contribution in [1.82, 2.24) is 35.3 Å². The van der Waals surface area contributed by atoms with Gasteiger partial charge in [-0.05, 0) is 28.8 Å². The van der Waals surface area contributed by atoms with Gasteiger partial charge < -0.3 is 4.90 Å². The second-order valence-electron chi connectivity index (χ2n) is 7.35. The van der Waals surface area contributed by atoms with Crippen LogP contribution in [0.1, 0.15) is 47.3 Å². The van der Waals surface area contributed by atoms with Gasteiger partial charge in [0.2, 0.25) is 5.91 Å². The lowest BCUT2D eigenvalue weighted by atomic mass is 10.0. The van der Waals surface area contributed by atoms with Crippen LogP contribution in [0, 0.1) is 0 Å². The van der Waals surface area contributed by atoms with Gasteiger partial charge in [-0.1, -0.05) is 30.3 Å². The fourth-order valence-corrected chi connectivity index (χ4v) is 3.85. The van der Waals surface area contributed by atoms with Crippen molar-refractivity contribution in [3.8, 4) is 0 Å². The number of hydrogen-bond acceptors (Lipinski definition) is 5. The maximum Gasteiger partial charge on any atom is 0.248 e. The van der Waals surface area contributed by atoms with Gasteiger partial charge in [0.15, 0.2) is 0 Å². The topological polar surface area (TPSA) is 92.6 Å². The smallest absolute Gasteiger partial charge is 0.248 e. The molecule has 0 radical (unpaired) electrons. The van der Waals surface area contributed by atoms with E-state index in [1.54, 1.807) is 4.68 Å². The molecular weight excluding hydrogens is 342 g/mol. The van der Waals surface area contributed by atoms with E-state index in [0.29, 0.717) is 25.4 Å². The number of carbonyl (C=O) groups is 1. The van der Waals surface area contributed by atoms with E-state index in [2.05, 4.69) is 25.7 Å². The van der Waals surface area contributed by atoms with Crippen LogP contribution in [0.15, 0.2) is 36.7 Å². The van der Waals surface area contributed by atoms with E-state index in [1.165, 1.54) is 30.4 Å². The maximum atomic E-state index is 13.4. The number of nitrogens with zero attached hydrogens (tertiary/aromatic N) is 6. The van der Waals surface area contributed by atoms with Crippen LogP contribution in [-0.4, -0.2) is 47.8 Å². The highest BCUT2D eigenvalue weighted by Gasteiger charge is 2.35. The molecule has 27 heavy (non-hydrogen) atoms. The molecule has 1 atom stereocenters. The number of aromatic amines is 1. The Hall–Kier alpha value is -3.03. The Morgan fingerprint density at radius 2 is 2.11 bits per heavy atom. The van der Waals surface area contributed by atoms with E-state index in [1.807, 2.05) is 35.2 Å². The van der Waals surface area contributed by atoms with E-state index < -0.39 is 6.04 Å². The van der Waals surface area contributed by atoms with Gasteiger partial charge in [0, 0.05) is 43.1 Å². The molecule has 3 heterocycles. The fraction of sp³-hybridized carbons (Fsp3) is 0.421. The molecule has 8 nitrogen and oxygen atoms in total. The van der Waals surface area contributed by atoms with Crippen molar-refractivity contribution in [2.24, 2.45) is 0 Å². The van der Waals surface area contributed by atoms with Crippen molar-refractivity contribution < 1.29 is 4.79 Å². The average Bonchev–Trinajstić information content (AvgIpc) is 3.24. The minimum absolute atomic E-state index is 0.0553. The second-order valence-corrected chi connectivity index (χ2v) is 7.35. The summed E-state index contributed by atoms with van der Waals surface area (Å²) < 4.78 is 1.57. The molecule has 2 aromatic heterocycles. The number of fused-ring (bicyclic) bond motifs is 1. The molecule has 2 aliphatic rings. The van der Waals surface area contributed by atoms with Gasteiger partial charge in [0.25, 0.3) is 0 Å². The van der Waals surface area contributed by atoms with Crippen molar-refractivity contribution in [3.63, 3.8) is 0 Å². The number of H-pyrrole nitrogens is 1. The number of amides is 1. The molecule has 1 aliphatic heterocycles. The molecular formula is C19H21N7O. The van der Waals surface area contributed by atoms with E-state index in [-0.39, 0.29) is 5.91 Å². The first-order chi connectivity index (χ1) is 13.3. The third-order valence-electron chi connectivity index (χ3n) is 5.48. The molecule has 1 N–H and O–H groups in total. The molecule has 1 aliphatic carbocycles. The van der Waals surface area contributed by atoms with Crippen LogP contribution in [0.2, 0.25) is 0 Å². The number of benzene rings is 1. The quantitative estimate of drug-likeness (QED) is 0.744. The van der Waals surface area contributed by atoms with E-state index in [4.69, 9.17) is 0 Å². The predicted molar refractivity (Wildman–Crippen MR) is 96.7 cm³/mol. The van der Waals surface area contributed by atoms with Crippen molar-refractivity contribution in [2.75, 3.05) is 6.54 Å². The normalized spacial score (nSPS) is 17.6. The summed E-state index contributed by atoms with van der Waals surface area (Å²) in [5.74, 6) is 0.624. The summed E-state index contributed by atoms with van der Waals surface area (Å²) in [6.45, 7) is 1.30. The van der Waals surface area contributed by atoms with E-state index in [9.17, 15) is 4.79 Å². The zero-order valence-corrected chi connectivity index (χ0v) is 15.0. The summed E-state index contributed by atoms with van der Waals surface area (Å²) in [6.07, 6.45) is 5.30. The first-order valence-corrected chi connectivity index (χ1v) is 9.41. The Morgan fingerprint density at radius 1 is 1.26 bits per heavy atom. The summed E-state index contributed by atoms with van der Waals surface area (Å²) in [5.41, 5.74) is 4.64. The number of tetrazole rings is 1. The van der Waals surface area contributed by atoms with Gasteiger partial charge in [-0.15, -0.1) is 5.10 Å². The third-order valence-corrected chi connectivity index (χ3v) is 5.48. The molecule has 0 spiro atoms. The molecule has 1 saturated carbocycles. The van der Waals surface area contributed by atoms with Gasteiger partial charge in [0.1, 0.15) is 12.4 Å². The summed E-state index contributed by atoms with van der Waals surface area (Å²) in [6, 6.07) is 9.55. The molecule has 8 heteroatoms. The lowest BCUT2D eigenvalue weighted by molar-refractivity contribution is -0.136. The molecule has 1 amide bonds. The van der Waals surface area contributed by atoms with Crippen molar-refractivity contribution in [1.29, 1.82) is 0 Å². The highest BCUT2D eigenvalue weighted by molar-refractivity contribution is 5.81. The standard InChI is InChI=1S/C19H21N7O/c27-19(17(26-12-20-23-24-26)10-13-4-2-1-3-5-13)25-9-8-16-15(11-25)18(22-21-16)14-6-7-14/h1-5,12,14,17H,6-11H2,(H,21,22)/t17-/m1/s1. The fourth-order valence-electron chi connectivity index (χ4n) is 3.85. The van der Waals surface area contributed by atoms with Gasteiger partial charge in [0.05, 0.1) is 5.69 Å². The molecule has 5 rings (SSSR count). The molecule has 0 saturated heterocycles. The number of rotatable bonds is 5. The van der Waals surface area contributed by atoms with Crippen LogP contribution in [0.25, 0.3) is 0 Å². The average molecular weight is 363 g/mol.